The first-order valence-corrected chi connectivity index (χ1v) is 9.89. The molecule has 2 aliphatic heterocycles. The lowest BCUT2D eigenvalue weighted by Gasteiger charge is -2.28. The molecule has 2 fully saturated rings. The van der Waals surface area contributed by atoms with E-state index in [4.69, 9.17) is 9.47 Å². The van der Waals surface area contributed by atoms with Crippen LogP contribution in [0.4, 0.5) is 24.8 Å². The highest BCUT2D eigenvalue weighted by molar-refractivity contribution is 5.45. The van der Waals surface area contributed by atoms with Gasteiger partial charge in [0.05, 0.1) is 55.6 Å². The Balaban J connectivity index is 1.30. The Morgan fingerprint density at radius 3 is 2.47 bits per heavy atom. The Morgan fingerprint density at radius 2 is 1.80 bits per heavy atom. The number of morpholine rings is 1. The standard InChI is InChI=1S/C20H24F3N5O2/c21-20(22,23)15-3-1-14(2-4-15)13-30-18-12-24-11-17(18)27-19-25-9-16(10-26-19)28-5-7-29-8-6-28/h1-4,9-10,17-18,24H,5-8,11-13H2,(H,25,26,27)/t17-,18-/m1/s1. The first-order chi connectivity index (χ1) is 14.5. The van der Waals surface area contributed by atoms with Gasteiger partial charge in [0.25, 0.3) is 0 Å². The summed E-state index contributed by atoms with van der Waals surface area (Å²) in [5, 5.41) is 6.54. The highest BCUT2D eigenvalue weighted by Gasteiger charge is 2.31. The van der Waals surface area contributed by atoms with Crippen LogP contribution in [-0.2, 0) is 22.3 Å². The van der Waals surface area contributed by atoms with E-state index in [2.05, 4.69) is 25.5 Å². The van der Waals surface area contributed by atoms with E-state index < -0.39 is 11.7 Å². The average Bonchev–Trinajstić information content (AvgIpc) is 3.20. The second-order valence-electron chi connectivity index (χ2n) is 7.32. The molecule has 162 valence electrons. The third-order valence-electron chi connectivity index (χ3n) is 5.23. The van der Waals surface area contributed by atoms with E-state index in [0.29, 0.717) is 37.8 Å². The van der Waals surface area contributed by atoms with Crippen molar-refractivity contribution in [2.75, 3.05) is 49.6 Å². The first-order valence-electron chi connectivity index (χ1n) is 9.89. The number of aromatic nitrogens is 2. The van der Waals surface area contributed by atoms with E-state index in [-0.39, 0.29) is 18.8 Å². The van der Waals surface area contributed by atoms with Crippen LogP contribution in [0.3, 0.4) is 0 Å². The number of nitrogens with one attached hydrogen (secondary N) is 2. The Bertz CT molecular complexity index is 811. The van der Waals surface area contributed by atoms with Crippen LogP contribution in [-0.4, -0.2) is 61.5 Å². The molecule has 2 N–H and O–H groups in total. The Kier molecular flexibility index (Phi) is 6.35. The maximum Gasteiger partial charge on any atom is 0.416 e. The molecule has 0 spiro atoms. The number of rotatable bonds is 6. The third kappa shape index (κ3) is 5.18. The Labute approximate surface area is 172 Å². The summed E-state index contributed by atoms with van der Waals surface area (Å²) in [5.74, 6) is 0.517. The molecule has 2 atom stereocenters. The second-order valence-corrected chi connectivity index (χ2v) is 7.32. The summed E-state index contributed by atoms with van der Waals surface area (Å²) in [4.78, 5) is 11.0. The highest BCUT2D eigenvalue weighted by Crippen LogP contribution is 2.29. The molecule has 10 heteroatoms. The van der Waals surface area contributed by atoms with E-state index in [1.807, 2.05) is 0 Å². The summed E-state index contributed by atoms with van der Waals surface area (Å²) < 4.78 is 49.3. The predicted molar refractivity (Wildman–Crippen MR) is 105 cm³/mol. The molecule has 0 radical (unpaired) electrons. The minimum Gasteiger partial charge on any atom is -0.378 e. The normalized spacial score (nSPS) is 22.3. The monoisotopic (exact) mass is 423 g/mol. The molecule has 0 aliphatic carbocycles. The van der Waals surface area contributed by atoms with Gasteiger partial charge in [-0.25, -0.2) is 9.97 Å². The van der Waals surface area contributed by atoms with Gasteiger partial charge in [-0.3, -0.25) is 0 Å². The van der Waals surface area contributed by atoms with Crippen molar-refractivity contribution < 1.29 is 22.6 Å². The van der Waals surface area contributed by atoms with Crippen LogP contribution in [0.5, 0.6) is 0 Å². The summed E-state index contributed by atoms with van der Waals surface area (Å²) in [6, 6.07) is 5.01. The van der Waals surface area contributed by atoms with Gasteiger partial charge in [0.15, 0.2) is 0 Å². The van der Waals surface area contributed by atoms with Gasteiger partial charge in [-0.15, -0.1) is 0 Å². The molecule has 7 nitrogen and oxygen atoms in total. The minimum absolute atomic E-state index is 0.0336. The molecule has 0 amide bonds. The summed E-state index contributed by atoms with van der Waals surface area (Å²) >= 11 is 0. The number of ether oxygens (including phenoxy) is 2. The molecule has 1 aromatic heterocycles. The van der Waals surface area contributed by atoms with Gasteiger partial charge in [-0.1, -0.05) is 12.1 Å². The van der Waals surface area contributed by atoms with Crippen molar-refractivity contribution in [2.45, 2.75) is 24.9 Å². The van der Waals surface area contributed by atoms with Crippen LogP contribution in [0.25, 0.3) is 0 Å². The van der Waals surface area contributed by atoms with Crippen LogP contribution in [0, 0.1) is 0 Å². The molecule has 30 heavy (non-hydrogen) atoms. The molecular weight excluding hydrogens is 399 g/mol. The molecule has 4 rings (SSSR count). The van der Waals surface area contributed by atoms with Crippen molar-refractivity contribution in [1.29, 1.82) is 0 Å². The zero-order valence-electron chi connectivity index (χ0n) is 16.4. The van der Waals surface area contributed by atoms with Crippen LogP contribution in [0.1, 0.15) is 11.1 Å². The van der Waals surface area contributed by atoms with Gasteiger partial charge >= 0.3 is 6.18 Å². The number of anilines is 2. The fraction of sp³-hybridized carbons (Fsp3) is 0.500. The summed E-state index contributed by atoms with van der Waals surface area (Å²) in [5.41, 5.74) is 0.995. The van der Waals surface area contributed by atoms with Gasteiger partial charge in [0.2, 0.25) is 5.95 Å². The summed E-state index contributed by atoms with van der Waals surface area (Å²) in [7, 11) is 0. The zero-order chi connectivity index (χ0) is 21.0. The van der Waals surface area contributed by atoms with Crippen LogP contribution in [0.2, 0.25) is 0 Å². The number of halogens is 3. The molecule has 1 aromatic carbocycles. The molecular formula is C20H24F3N5O2. The quantitative estimate of drug-likeness (QED) is 0.739. The second kappa shape index (κ2) is 9.15. The largest absolute Gasteiger partial charge is 0.416 e. The SMILES string of the molecule is FC(F)(F)c1ccc(CO[C@@H]2CNC[C@H]2Nc2ncc(N3CCOCC3)cn2)cc1. The molecule has 0 bridgehead atoms. The summed E-state index contributed by atoms with van der Waals surface area (Å²) in [6.07, 6.45) is -0.890. The van der Waals surface area contributed by atoms with E-state index in [1.54, 1.807) is 12.4 Å². The lowest BCUT2D eigenvalue weighted by atomic mass is 10.1. The number of hydrogen-bond acceptors (Lipinski definition) is 7. The van der Waals surface area contributed by atoms with Crippen molar-refractivity contribution in [3.8, 4) is 0 Å². The molecule has 3 heterocycles. The van der Waals surface area contributed by atoms with Crippen LogP contribution in [0.15, 0.2) is 36.7 Å². The van der Waals surface area contributed by atoms with Gasteiger partial charge in [-0.05, 0) is 17.7 Å². The van der Waals surface area contributed by atoms with Gasteiger partial charge in [-0.2, -0.15) is 13.2 Å². The lowest BCUT2D eigenvalue weighted by molar-refractivity contribution is -0.137. The fourth-order valence-corrected chi connectivity index (χ4v) is 3.51. The molecule has 2 aliphatic rings. The number of alkyl halides is 3. The maximum absolute atomic E-state index is 12.7. The van der Waals surface area contributed by atoms with Crippen molar-refractivity contribution in [1.82, 2.24) is 15.3 Å². The third-order valence-corrected chi connectivity index (χ3v) is 5.23. The first kappa shape index (κ1) is 20.8. The van der Waals surface area contributed by atoms with Crippen LogP contribution < -0.4 is 15.5 Å². The van der Waals surface area contributed by atoms with E-state index in [0.717, 1.165) is 30.9 Å². The fourth-order valence-electron chi connectivity index (χ4n) is 3.51. The van der Waals surface area contributed by atoms with Crippen molar-refractivity contribution >= 4 is 11.6 Å². The molecule has 0 unspecified atom stereocenters. The number of hydrogen-bond donors (Lipinski definition) is 2. The number of benzene rings is 1. The van der Waals surface area contributed by atoms with Crippen molar-refractivity contribution in [3.63, 3.8) is 0 Å². The van der Waals surface area contributed by atoms with E-state index in [1.165, 1.54) is 12.1 Å². The van der Waals surface area contributed by atoms with Crippen molar-refractivity contribution in [3.05, 3.63) is 47.8 Å². The van der Waals surface area contributed by atoms with Gasteiger partial charge < -0.3 is 25.0 Å². The minimum atomic E-state index is -4.33. The highest BCUT2D eigenvalue weighted by atomic mass is 19.4. The van der Waals surface area contributed by atoms with E-state index >= 15 is 0 Å². The Morgan fingerprint density at radius 1 is 1.10 bits per heavy atom. The molecule has 2 aromatic rings. The van der Waals surface area contributed by atoms with Gasteiger partial charge in [0, 0.05) is 26.2 Å². The smallest absolute Gasteiger partial charge is 0.378 e. The van der Waals surface area contributed by atoms with Crippen molar-refractivity contribution in [2.24, 2.45) is 0 Å². The van der Waals surface area contributed by atoms with E-state index in [9.17, 15) is 13.2 Å². The topological polar surface area (TPSA) is 71.5 Å². The molecule has 2 saturated heterocycles. The average molecular weight is 423 g/mol. The lowest BCUT2D eigenvalue weighted by Crippen LogP contribution is -2.37. The maximum atomic E-state index is 12.7. The van der Waals surface area contributed by atoms with Crippen LogP contribution >= 0.6 is 0 Å². The summed E-state index contributed by atoms with van der Waals surface area (Å²) in [6.45, 7) is 4.61. The Hall–Kier alpha value is -2.43. The molecule has 0 saturated carbocycles. The predicted octanol–water partition coefficient (Wildman–Crippen LogP) is 2.30. The zero-order valence-corrected chi connectivity index (χ0v) is 16.4. The van der Waals surface area contributed by atoms with Gasteiger partial charge in [0.1, 0.15) is 0 Å². The number of nitrogens with zero attached hydrogens (tertiary/aromatic N) is 3.